The summed E-state index contributed by atoms with van der Waals surface area (Å²) < 4.78 is 4.92. The van der Waals surface area contributed by atoms with E-state index in [1.54, 1.807) is 57.6 Å². The van der Waals surface area contributed by atoms with Crippen molar-refractivity contribution in [1.82, 2.24) is 105 Å². The first-order chi connectivity index (χ1) is 39.4. The smallest absolute Gasteiger partial charge is 0.138 e. The van der Waals surface area contributed by atoms with E-state index in [-0.39, 0.29) is 138 Å². The Morgan fingerprint density at radius 1 is 0.344 bits per heavy atom. The second-order valence-electron chi connectivity index (χ2n) is 11.8. The summed E-state index contributed by atoms with van der Waals surface area (Å²) in [5, 5.41) is 24.9. The van der Waals surface area contributed by atoms with E-state index in [1.165, 1.54) is 44.3 Å². The standard InChI is InChI=1S/C9H8N3.2C8H7N4.2C7H6N5.10C2H6.5CH4.5Ir/c1-8-4-2-3-5-9(8)12-7-10-6-11-12;1-7-8(3-2-4-10-7)12-6-9-5-11-12;1-6-7(3-2-4-9-6)8-10-5-11-12-8;1-6-7(2-8-3-10-6)12-5-9-4-11-12;1-5-6(2-8-3-9-5)7-10-4-11-12-7;10*1-2;;;;;;;;;;/h2-4,6-7H,1H3;2,4-6H,1H3;2,4-5H,1H3,(H,10,11,12);3-5H,1H3;3-4H,1H3,(H,10,11,12);10*1-2H3;5*1H4;;;;;/q5*-1;;;;;;;;;;;;;;;;;;;;. The number of hydrogen-bond acceptors (Lipinski definition) is 16. The van der Waals surface area contributed by atoms with Crippen molar-refractivity contribution in [3.05, 3.63) is 165 Å². The third kappa shape index (κ3) is 50.3. The molecule has 21 nitrogen and oxygen atoms in total. The molecule has 9 heterocycles. The zero-order valence-electron chi connectivity index (χ0n) is 54.5. The van der Waals surface area contributed by atoms with Gasteiger partial charge in [-0.05, 0) is 52.4 Å². The quantitative estimate of drug-likeness (QED) is 0.152. The number of nitrogens with zero attached hydrogens (tertiary/aromatic N) is 19. The summed E-state index contributed by atoms with van der Waals surface area (Å²) in [7, 11) is 0. The first kappa shape index (κ1) is 122. The molecule has 0 atom stereocenters. The molecular formula is C64H114Ir5N21-5. The van der Waals surface area contributed by atoms with Crippen molar-refractivity contribution in [1.29, 1.82) is 0 Å². The second kappa shape index (κ2) is 90.0. The van der Waals surface area contributed by atoms with Crippen molar-refractivity contribution in [3.63, 3.8) is 0 Å². The maximum atomic E-state index is 4.12. The van der Waals surface area contributed by atoms with Crippen LogP contribution in [0.3, 0.4) is 0 Å². The van der Waals surface area contributed by atoms with Gasteiger partial charge in [-0.3, -0.25) is 20.2 Å². The molecule has 0 amide bonds. The van der Waals surface area contributed by atoms with Crippen molar-refractivity contribution in [2.45, 2.75) is 210 Å². The van der Waals surface area contributed by atoms with Crippen LogP contribution in [-0.4, -0.2) is 105 Å². The van der Waals surface area contributed by atoms with E-state index < -0.39 is 0 Å². The molecule has 90 heavy (non-hydrogen) atoms. The minimum Gasteiger partial charge on any atom is -0.386 e. The van der Waals surface area contributed by atoms with E-state index in [9.17, 15) is 0 Å². The fraction of sp³-hybridized carbons (Fsp3) is 0.469. The number of aromatic amines is 2. The molecule has 0 saturated heterocycles. The van der Waals surface area contributed by atoms with E-state index >= 15 is 0 Å². The number of aryl methyl sites for hydroxylation is 5. The fourth-order valence-corrected chi connectivity index (χ4v) is 4.87. The second-order valence-corrected chi connectivity index (χ2v) is 11.8. The van der Waals surface area contributed by atoms with Crippen LogP contribution < -0.4 is 0 Å². The molecule has 10 aromatic rings. The average Bonchev–Trinajstić information content (AvgIpc) is 4.46. The Bertz CT molecular complexity index is 2310. The van der Waals surface area contributed by atoms with Crippen molar-refractivity contribution in [3.8, 4) is 39.8 Å². The summed E-state index contributed by atoms with van der Waals surface area (Å²) in [6.45, 7) is 49.6. The predicted molar refractivity (Wildman–Crippen MR) is 359 cm³/mol. The number of nitrogens with one attached hydrogen (secondary N) is 2. The van der Waals surface area contributed by atoms with Crippen LogP contribution in [0.25, 0.3) is 39.8 Å². The van der Waals surface area contributed by atoms with Crippen molar-refractivity contribution >= 4 is 0 Å². The average molecular weight is 2140 g/mol. The zero-order chi connectivity index (χ0) is 61.9. The van der Waals surface area contributed by atoms with Crippen LogP contribution >= 0.6 is 0 Å². The number of aromatic nitrogens is 21. The van der Waals surface area contributed by atoms with Gasteiger partial charge in [0, 0.05) is 107 Å². The van der Waals surface area contributed by atoms with Gasteiger partial charge in [0.15, 0.2) is 0 Å². The van der Waals surface area contributed by atoms with Gasteiger partial charge >= 0.3 is 0 Å². The van der Waals surface area contributed by atoms with Gasteiger partial charge in [0.05, 0.1) is 11.6 Å². The summed E-state index contributed by atoms with van der Waals surface area (Å²) in [6, 6.07) is 18.5. The molecule has 0 saturated carbocycles. The minimum atomic E-state index is 0. The van der Waals surface area contributed by atoms with Crippen LogP contribution in [0.2, 0.25) is 0 Å². The number of para-hydroxylation sites is 1. The van der Waals surface area contributed by atoms with E-state index in [2.05, 4.69) is 121 Å². The van der Waals surface area contributed by atoms with Crippen LogP contribution in [0, 0.1) is 65.2 Å². The zero-order valence-corrected chi connectivity index (χ0v) is 66.5. The van der Waals surface area contributed by atoms with Gasteiger partial charge in [-0.15, -0.1) is 17.7 Å². The maximum Gasteiger partial charge on any atom is 0.138 e. The third-order valence-electron chi connectivity index (χ3n) is 7.79. The Balaban J connectivity index is -0.0000000546. The van der Waals surface area contributed by atoms with E-state index in [0.717, 1.165) is 56.5 Å². The molecule has 0 spiro atoms. The molecule has 9 aromatic heterocycles. The number of H-pyrrole nitrogens is 2. The van der Waals surface area contributed by atoms with Crippen LogP contribution in [-0.2, 0) is 101 Å². The Morgan fingerprint density at radius 2 is 0.689 bits per heavy atom. The van der Waals surface area contributed by atoms with Crippen molar-refractivity contribution in [2.75, 3.05) is 0 Å². The molecule has 1 aromatic carbocycles. The summed E-state index contributed by atoms with van der Waals surface area (Å²) in [5.41, 5.74) is 8.75. The summed E-state index contributed by atoms with van der Waals surface area (Å²) in [6.07, 6.45) is 24.1. The van der Waals surface area contributed by atoms with E-state index in [0.29, 0.717) is 11.6 Å². The summed E-state index contributed by atoms with van der Waals surface area (Å²) in [4.78, 5) is 43.3. The Morgan fingerprint density at radius 3 is 1.04 bits per heavy atom. The Kier molecular flexibility index (Phi) is 122. The maximum absolute atomic E-state index is 4.12. The number of hydrogen-bond donors (Lipinski definition) is 2. The van der Waals surface area contributed by atoms with Crippen molar-refractivity contribution < 1.29 is 101 Å². The van der Waals surface area contributed by atoms with Gasteiger partial charge in [0.1, 0.15) is 50.6 Å². The minimum absolute atomic E-state index is 0. The van der Waals surface area contributed by atoms with Crippen LogP contribution in [0.5, 0.6) is 0 Å². The van der Waals surface area contributed by atoms with Crippen LogP contribution in [0.15, 0.2) is 106 Å². The van der Waals surface area contributed by atoms with E-state index in [1.807, 2.05) is 191 Å². The number of pyridine rings is 2. The number of rotatable bonds is 5. The normalized spacial score (nSPS) is 7.39. The third-order valence-corrected chi connectivity index (χ3v) is 7.79. The predicted octanol–water partition coefficient (Wildman–Crippen LogP) is 17.1. The van der Waals surface area contributed by atoms with Gasteiger partial charge in [-0.25, -0.2) is 29.0 Å². The van der Waals surface area contributed by atoms with Gasteiger partial charge in [0.2, 0.25) is 0 Å². The molecule has 0 aliphatic carbocycles. The van der Waals surface area contributed by atoms with Crippen molar-refractivity contribution in [2.24, 2.45) is 0 Å². The molecule has 5 radical (unpaired) electrons. The molecule has 2 N–H and O–H groups in total. The van der Waals surface area contributed by atoms with Gasteiger partial charge < -0.3 is 29.9 Å². The first-order valence-electron chi connectivity index (χ1n) is 27.7. The Labute approximate surface area is 614 Å². The summed E-state index contributed by atoms with van der Waals surface area (Å²) >= 11 is 0. The molecule has 26 heteroatoms. The molecule has 10 rings (SSSR count). The molecular weight excluding hydrogens is 2020 g/mol. The molecule has 0 unspecified atom stereocenters. The van der Waals surface area contributed by atoms with Gasteiger partial charge in [-0.2, -0.15) is 61.9 Å². The Hall–Kier alpha value is -5.37. The van der Waals surface area contributed by atoms with E-state index in [4.69, 9.17) is 0 Å². The van der Waals surface area contributed by atoms with Crippen LogP contribution in [0.1, 0.15) is 204 Å². The largest absolute Gasteiger partial charge is 0.386 e. The van der Waals surface area contributed by atoms with Gasteiger partial charge in [-0.1, -0.05) is 240 Å². The van der Waals surface area contributed by atoms with Crippen LogP contribution in [0.4, 0.5) is 0 Å². The number of benzene rings is 1. The monoisotopic (exact) mass is 2140 g/mol. The molecule has 0 aliphatic rings. The molecule has 525 valence electrons. The first-order valence-corrected chi connectivity index (χ1v) is 27.7. The molecule has 0 bridgehead atoms. The van der Waals surface area contributed by atoms with Gasteiger partial charge in [0.25, 0.3) is 0 Å². The SMILES string of the molecule is C.C.C.C.C.CC.CC.CC.CC.CC.CC.CC.CC.CC.CC.Cc1ccc[c-]c1-n1cncn1.Cc1ncc[c-]c1-c1ncn[nH]1.Cc1ncc[c-]c1-n1cncn1.Cc1ncn[c-]c1-c1ncn[nH]1.Cc1ncn[c-]c1-n1cncn1.[Ir].[Ir].[Ir].[Ir].[Ir]. The summed E-state index contributed by atoms with van der Waals surface area (Å²) in [5.74, 6) is 1.36. The molecule has 0 fully saturated rings. The fourth-order valence-electron chi connectivity index (χ4n) is 4.87. The molecule has 0 aliphatic heterocycles. The topological polar surface area (TPSA) is 253 Å².